The van der Waals surface area contributed by atoms with E-state index in [4.69, 9.17) is 0 Å². The highest BCUT2D eigenvalue weighted by molar-refractivity contribution is 6.08. The predicted molar refractivity (Wildman–Crippen MR) is 61.4 cm³/mol. The van der Waals surface area contributed by atoms with Gasteiger partial charge in [-0.1, -0.05) is 0 Å². The normalized spacial score (nSPS) is 22.1. The zero-order valence-corrected chi connectivity index (χ0v) is 9.43. The number of nitrogens with zero attached hydrogens (tertiary/aromatic N) is 2. The van der Waals surface area contributed by atoms with Gasteiger partial charge in [0, 0.05) is 19.8 Å². The van der Waals surface area contributed by atoms with E-state index in [0.29, 0.717) is 11.4 Å². The van der Waals surface area contributed by atoms with Crippen LogP contribution in [0.15, 0.2) is 6.20 Å². The van der Waals surface area contributed by atoms with Crippen molar-refractivity contribution in [1.82, 2.24) is 4.57 Å². The average Bonchev–Trinajstić information content (AvgIpc) is 2.80. The lowest BCUT2D eigenvalue weighted by molar-refractivity contribution is -0.117. The Bertz CT molecular complexity index is 520. The average molecular weight is 235 g/mol. The van der Waals surface area contributed by atoms with Crippen LogP contribution in [0.5, 0.6) is 0 Å². The van der Waals surface area contributed by atoms with Crippen molar-refractivity contribution in [3.63, 3.8) is 0 Å². The Hall–Kier alpha value is -1.98. The Morgan fingerprint density at radius 2 is 2.35 bits per heavy atom. The third-order valence-electron chi connectivity index (χ3n) is 3.46. The molecule has 3 heterocycles. The number of rotatable bonds is 1. The minimum absolute atomic E-state index is 0.0301. The van der Waals surface area contributed by atoms with Crippen LogP contribution in [0, 0.1) is 0 Å². The van der Waals surface area contributed by atoms with Crippen LogP contribution >= 0.6 is 0 Å². The smallest absolute Gasteiger partial charge is 0.354 e. The van der Waals surface area contributed by atoms with Crippen LogP contribution in [0.3, 0.4) is 0 Å². The van der Waals surface area contributed by atoms with Gasteiger partial charge in [0.15, 0.2) is 5.69 Å². The number of hydrogen-bond acceptors (Lipinski definition) is 3. The molecule has 1 amide bonds. The number of fused-ring (bicyclic) bond motifs is 3. The van der Waals surface area contributed by atoms with E-state index >= 15 is 0 Å². The molecule has 6 heteroatoms. The molecule has 0 radical (unpaired) electrons. The van der Waals surface area contributed by atoms with Gasteiger partial charge in [-0.3, -0.25) is 4.79 Å². The zero-order chi connectivity index (χ0) is 12.2. The van der Waals surface area contributed by atoms with Gasteiger partial charge in [0.25, 0.3) is 0 Å². The first-order chi connectivity index (χ1) is 8.09. The molecule has 1 saturated heterocycles. The molecule has 0 spiro atoms. The summed E-state index contributed by atoms with van der Waals surface area (Å²) in [5, 5.41) is 12.0. The SMILES string of the molecule is Cn1cc2c(c1C(=O)O)N1CCC[C@H]1C(=O)N2. The lowest BCUT2D eigenvalue weighted by atomic mass is 10.1. The number of carbonyl (C=O) groups is 2. The van der Waals surface area contributed by atoms with E-state index in [-0.39, 0.29) is 17.6 Å². The van der Waals surface area contributed by atoms with E-state index in [0.717, 1.165) is 19.4 Å². The van der Waals surface area contributed by atoms with Crippen LogP contribution in [0.2, 0.25) is 0 Å². The lowest BCUT2D eigenvalue weighted by Crippen LogP contribution is -2.44. The van der Waals surface area contributed by atoms with Crippen LogP contribution in [0.1, 0.15) is 23.3 Å². The second-order valence-electron chi connectivity index (χ2n) is 4.50. The van der Waals surface area contributed by atoms with Crippen LogP contribution < -0.4 is 10.2 Å². The Labute approximate surface area is 97.8 Å². The third kappa shape index (κ3) is 1.26. The third-order valence-corrected chi connectivity index (χ3v) is 3.46. The molecule has 0 bridgehead atoms. The molecule has 1 atom stereocenters. The number of nitrogens with one attached hydrogen (secondary N) is 1. The van der Waals surface area contributed by atoms with Gasteiger partial charge in [-0.25, -0.2) is 4.79 Å². The molecule has 2 N–H and O–H groups in total. The van der Waals surface area contributed by atoms with Crippen molar-refractivity contribution in [1.29, 1.82) is 0 Å². The Morgan fingerprint density at radius 3 is 3.06 bits per heavy atom. The zero-order valence-electron chi connectivity index (χ0n) is 9.43. The summed E-state index contributed by atoms with van der Waals surface area (Å²) in [6.07, 6.45) is 3.37. The molecule has 6 nitrogen and oxygen atoms in total. The monoisotopic (exact) mass is 235 g/mol. The first-order valence-corrected chi connectivity index (χ1v) is 5.59. The molecular weight excluding hydrogens is 222 g/mol. The largest absolute Gasteiger partial charge is 0.477 e. The van der Waals surface area contributed by atoms with Crippen molar-refractivity contribution in [2.75, 3.05) is 16.8 Å². The van der Waals surface area contributed by atoms with Crippen molar-refractivity contribution in [3.05, 3.63) is 11.9 Å². The van der Waals surface area contributed by atoms with E-state index in [1.807, 2.05) is 4.90 Å². The number of carboxylic acid groups (broad SMARTS) is 1. The van der Waals surface area contributed by atoms with Gasteiger partial charge in [-0.2, -0.15) is 0 Å². The summed E-state index contributed by atoms with van der Waals surface area (Å²) < 4.78 is 1.55. The van der Waals surface area contributed by atoms with E-state index in [1.54, 1.807) is 17.8 Å². The summed E-state index contributed by atoms with van der Waals surface area (Å²) in [6, 6.07) is -0.206. The van der Waals surface area contributed by atoms with Gasteiger partial charge in [-0.15, -0.1) is 0 Å². The molecule has 2 aliphatic rings. The molecule has 1 aromatic rings. The molecule has 1 fully saturated rings. The van der Waals surface area contributed by atoms with Crippen molar-refractivity contribution in [2.24, 2.45) is 7.05 Å². The molecular formula is C11H13N3O3. The predicted octanol–water partition coefficient (Wildman–Crippen LogP) is 0.644. The van der Waals surface area contributed by atoms with Gasteiger partial charge >= 0.3 is 5.97 Å². The summed E-state index contributed by atoms with van der Waals surface area (Å²) in [5.41, 5.74) is 1.50. The van der Waals surface area contributed by atoms with Gasteiger partial charge in [0.05, 0.1) is 11.4 Å². The van der Waals surface area contributed by atoms with Crippen LogP contribution in [-0.2, 0) is 11.8 Å². The summed E-state index contributed by atoms with van der Waals surface area (Å²) in [7, 11) is 1.68. The number of carbonyl (C=O) groups excluding carboxylic acids is 1. The number of hydrogen-bond donors (Lipinski definition) is 2. The molecule has 90 valence electrons. The maximum atomic E-state index is 11.8. The summed E-state index contributed by atoms with van der Waals surface area (Å²) in [5.74, 6) is -0.993. The minimum atomic E-state index is -0.962. The fraction of sp³-hybridized carbons (Fsp3) is 0.455. The number of aromatic nitrogens is 1. The van der Waals surface area contributed by atoms with Crippen LogP contribution in [0.25, 0.3) is 0 Å². The fourth-order valence-corrected chi connectivity index (χ4v) is 2.77. The minimum Gasteiger partial charge on any atom is -0.477 e. The molecule has 3 rings (SSSR count). The van der Waals surface area contributed by atoms with Gasteiger partial charge in [0.1, 0.15) is 6.04 Å². The molecule has 1 aromatic heterocycles. The molecule has 0 saturated carbocycles. The van der Waals surface area contributed by atoms with Gasteiger partial charge in [0.2, 0.25) is 5.91 Å². The highest BCUT2D eigenvalue weighted by Gasteiger charge is 2.40. The molecule has 2 aliphatic heterocycles. The molecule has 0 aromatic carbocycles. The molecule has 0 aliphatic carbocycles. The highest BCUT2D eigenvalue weighted by Crippen LogP contribution is 2.40. The van der Waals surface area contributed by atoms with Gasteiger partial charge < -0.3 is 19.9 Å². The molecule has 0 unspecified atom stereocenters. The fourth-order valence-electron chi connectivity index (χ4n) is 2.77. The van der Waals surface area contributed by atoms with Crippen LogP contribution in [0.4, 0.5) is 11.4 Å². The number of aromatic carboxylic acids is 1. The first kappa shape index (κ1) is 10.2. The van der Waals surface area contributed by atoms with E-state index in [1.165, 1.54) is 0 Å². The number of carboxylic acids is 1. The standard InChI is InChI=1S/C11H13N3O3/c1-13-5-6-8(9(13)11(16)17)14-4-2-3-7(14)10(15)12-6/h5,7H,2-4H2,1H3,(H,12,15)(H,16,17)/t7-/m0/s1. The quantitative estimate of drug-likeness (QED) is 0.749. The van der Waals surface area contributed by atoms with Crippen molar-refractivity contribution in [3.8, 4) is 0 Å². The first-order valence-electron chi connectivity index (χ1n) is 5.59. The number of amides is 1. The Kier molecular flexibility index (Phi) is 1.95. The highest BCUT2D eigenvalue weighted by atomic mass is 16.4. The topological polar surface area (TPSA) is 74.6 Å². The van der Waals surface area contributed by atoms with Crippen molar-refractivity contribution < 1.29 is 14.7 Å². The summed E-state index contributed by atoms with van der Waals surface area (Å²) in [4.78, 5) is 25.0. The van der Waals surface area contributed by atoms with Crippen molar-refractivity contribution in [2.45, 2.75) is 18.9 Å². The van der Waals surface area contributed by atoms with Gasteiger partial charge in [-0.05, 0) is 12.8 Å². The Balaban J connectivity index is 2.19. The number of aryl methyl sites for hydroxylation is 1. The summed E-state index contributed by atoms with van der Waals surface area (Å²) >= 11 is 0. The maximum absolute atomic E-state index is 11.8. The van der Waals surface area contributed by atoms with E-state index in [2.05, 4.69) is 5.32 Å². The lowest BCUT2D eigenvalue weighted by Gasteiger charge is -2.31. The van der Waals surface area contributed by atoms with Crippen molar-refractivity contribution >= 4 is 23.3 Å². The van der Waals surface area contributed by atoms with E-state index in [9.17, 15) is 14.7 Å². The second-order valence-corrected chi connectivity index (χ2v) is 4.50. The summed E-state index contributed by atoms with van der Waals surface area (Å²) in [6.45, 7) is 0.745. The second kappa shape index (κ2) is 3.26. The van der Waals surface area contributed by atoms with Crippen LogP contribution in [-0.4, -0.2) is 34.1 Å². The Morgan fingerprint density at radius 1 is 1.59 bits per heavy atom. The van der Waals surface area contributed by atoms with E-state index < -0.39 is 5.97 Å². The maximum Gasteiger partial charge on any atom is 0.354 e. The number of anilines is 2. The molecule has 17 heavy (non-hydrogen) atoms.